The van der Waals surface area contributed by atoms with E-state index in [1.807, 2.05) is 0 Å². The van der Waals surface area contributed by atoms with Crippen molar-refractivity contribution >= 4 is 29.5 Å². The summed E-state index contributed by atoms with van der Waals surface area (Å²) in [7, 11) is 0. The average Bonchev–Trinajstić information content (AvgIpc) is 2.75. The SMILES string of the molecule is CC1(C)S[C@@H]2[C@H]([C@H](O)C(=O)N3CCC(O)CC3)C(=O)N2[C@H]1C(=O)[O-].[Na+]. The molecule has 3 fully saturated rings. The summed E-state index contributed by atoms with van der Waals surface area (Å²) in [5.41, 5.74) is 0. The normalized spacial score (nSPS) is 32.5. The van der Waals surface area contributed by atoms with E-state index < -0.39 is 52.1 Å². The Morgan fingerprint density at radius 2 is 1.88 bits per heavy atom. The Hall–Kier alpha value is -0.320. The van der Waals surface area contributed by atoms with Crippen LogP contribution in [-0.4, -0.2) is 79.3 Å². The van der Waals surface area contributed by atoms with Crippen LogP contribution in [0, 0.1) is 5.92 Å². The zero-order valence-electron chi connectivity index (χ0n) is 14.5. The summed E-state index contributed by atoms with van der Waals surface area (Å²) in [4.78, 5) is 38.8. The summed E-state index contributed by atoms with van der Waals surface area (Å²) in [5.74, 6) is -3.31. The maximum absolute atomic E-state index is 12.4. The first kappa shape index (κ1) is 21.0. The van der Waals surface area contributed by atoms with Crippen molar-refractivity contribution in [3.8, 4) is 0 Å². The molecule has 2 amide bonds. The average molecular weight is 380 g/mol. The molecule has 10 heteroatoms. The molecular weight excluding hydrogens is 359 g/mol. The van der Waals surface area contributed by atoms with E-state index in [-0.39, 0.29) is 29.6 Å². The van der Waals surface area contributed by atoms with Crippen molar-refractivity contribution in [1.29, 1.82) is 0 Å². The third kappa shape index (κ3) is 3.46. The van der Waals surface area contributed by atoms with Gasteiger partial charge in [0.1, 0.15) is 12.0 Å². The number of thioether (sulfide) groups is 1. The Morgan fingerprint density at radius 3 is 2.40 bits per heavy atom. The van der Waals surface area contributed by atoms with Gasteiger partial charge in [-0.05, 0) is 26.7 Å². The fourth-order valence-corrected chi connectivity index (χ4v) is 5.45. The Labute approximate surface area is 172 Å². The maximum atomic E-state index is 12.4. The molecule has 0 aromatic carbocycles. The second-order valence-electron chi connectivity index (χ2n) is 7.11. The monoisotopic (exact) mass is 380 g/mol. The van der Waals surface area contributed by atoms with E-state index in [2.05, 4.69) is 0 Å². The van der Waals surface area contributed by atoms with Gasteiger partial charge in [0.2, 0.25) is 5.91 Å². The van der Waals surface area contributed by atoms with Gasteiger partial charge in [-0.1, -0.05) is 0 Å². The van der Waals surface area contributed by atoms with E-state index in [0.29, 0.717) is 25.9 Å². The van der Waals surface area contributed by atoms with Crippen molar-refractivity contribution in [2.45, 2.75) is 55.1 Å². The van der Waals surface area contributed by atoms with Crippen LogP contribution in [0.5, 0.6) is 0 Å². The minimum absolute atomic E-state index is 0. The third-order valence-electron chi connectivity index (χ3n) is 5.07. The topological polar surface area (TPSA) is 121 Å². The first-order chi connectivity index (χ1) is 11.1. The zero-order chi connectivity index (χ0) is 17.8. The Morgan fingerprint density at radius 1 is 1.32 bits per heavy atom. The van der Waals surface area contributed by atoms with Crippen LogP contribution in [0.2, 0.25) is 0 Å². The number of piperidine rings is 1. The summed E-state index contributed by atoms with van der Waals surface area (Å²) in [6.07, 6.45) is -1.04. The summed E-state index contributed by atoms with van der Waals surface area (Å²) < 4.78 is -0.744. The molecule has 0 unspecified atom stereocenters. The number of β-lactam (4-membered cyclic amide) rings is 1. The quantitative estimate of drug-likeness (QED) is 0.371. The molecule has 3 aliphatic rings. The van der Waals surface area contributed by atoms with Gasteiger partial charge in [-0.25, -0.2) is 0 Å². The van der Waals surface area contributed by atoms with Gasteiger partial charge in [0.05, 0.1) is 23.5 Å². The Kier molecular flexibility index (Phi) is 6.18. The number of likely N-dealkylation sites (tertiary alicyclic amines) is 1. The molecule has 3 heterocycles. The minimum atomic E-state index is -1.49. The summed E-state index contributed by atoms with van der Waals surface area (Å²) >= 11 is 1.27. The molecule has 8 nitrogen and oxygen atoms in total. The molecule has 3 rings (SSSR count). The third-order valence-corrected chi connectivity index (χ3v) is 6.67. The van der Waals surface area contributed by atoms with Crippen LogP contribution in [-0.2, 0) is 14.4 Å². The smallest absolute Gasteiger partial charge is 0.548 e. The molecular formula is C15H21N2NaO6S. The van der Waals surface area contributed by atoms with Crippen molar-refractivity contribution in [1.82, 2.24) is 9.80 Å². The number of nitrogens with zero attached hydrogens (tertiary/aromatic N) is 2. The predicted molar refractivity (Wildman–Crippen MR) is 82.4 cm³/mol. The molecule has 134 valence electrons. The van der Waals surface area contributed by atoms with Crippen molar-refractivity contribution in [3.63, 3.8) is 0 Å². The van der Waals surface area contributed by atoms with E-state index in [1.54, 1.807) is 13.8 Å². The number of amides is 2. The molecule has 0 aromatic rings. The number of aliphatic hydroxyl groups is 2. The predicted octanol–water partition coefficient (Wildman–Crippen LogP) is -5.24. The van der Waals surface area contributed by atoms with Gasteiger partial charge in [0.15, 0.2) is 0 Å². The Bertz CT molecular complexity index is 580. The summed E-state index contributed by atoms with van der Waals surface area (Å²) in [6, 6.07) is -1.07. The van der Waals surface area contributed by atoms with E-state index in [0.717, 1.165) is 0 Å². The standard InChI is InChI=1S/C15H22N2O6S.Na/c1-15(2)10(14(22)23)17-11(20)8(13(17)24-15)9(19)12(21)16-5-3-7(18)4-6-16;/h7-10,13,18-19H,3-6H2,1-2H3,(H,22,23);/q;+1/p-1/t8-,9+,10+,13-;/m1./s1. The fraction of sp³-hybridized carbons (Fsp3) is 0.800. The first-order valence-electron chi connectivity index (χ1n) is 8.01. The van der Waals surface area contributed by atoms with E-state index in [9.17, 15) is 29.7 Å². The maximum Gasteiger partial charge on any atom is 1.00 e. The van der Waals surface area contributed by atoms with Crippen molar-refractivity contribution < 1.29 is 59.3 Å². The van der Waals surface area contributed by atoms with Crippen LogP contribution in [0.4, 0.5) is 0 Å². The molecule has 2 N–H and O–H groups in total. The molecule has 0 aliphatic carbocycles. The summed E-state index contributed by atoms with van der Waals surface area (Å²) in [6.45, 7) is 4.10. The molecule has 3 aliphatic heterocycles. The van der Waals surface area contributed by atoms with Crippen LogP contribution >= 0.6 is 11.8 Å². The van der Waals surface area contributed by atoms with E-state index >= 15 is 0 Å². The zero-order valence-corrected chi connectivity index (χ0v) is 17.4. The molecule has 0 spiro atoms. The number of carboxylic acid groups (broad SMARTS) is 1. The summed E-state index contributed by atoms with van der Waals surface area (Å²) in [5, 5.41) is 30.7. The number of carbonyl (C=O) groups excluding carboxylic acids is 3. The molecule has 0 bridgehead atoms. The van der Waals surface area contributed by atoms with Crippen molar-refractivity contribution in [3.05, 3.63) is 0 Å². The van der Waals surface area contributed by atoms with E-state index in [4.69, 9.17) is 0 Å². The van der Waals surface area contributed by atoms with Gasteiger partial charge in [0.25, 0.3) is 5.91 Å². The van der Waals surface area contributed by atoms with Crippen LogP contribution in [0.25, 0.3) is 0 Å². The van der Waals surface area contributed by atoms with Crippen LogP contribution < -0.4 is 34.7 Å². The van der Waals surface area contributed by atoms with Crippen molar-refractivity contribution in [2.75, 3.05) is 13.1 Å². The van der Waals surface area contributed by atoms with Gasteiger partial charge in [-0.3, -0.25) is 9.59 Å². The van der Waals surface area contributed by atoms with Gasteiger partial charge in [0, 0.05) is 17.8 Å². The molecule has 0 saturated carbocycles. The number of rotatable bonds is 3. The second kappa shape index (κ2) is 7.36. The molecule has 4 atom stereocenters. The Balaban J connectivity index is 0.00000225. The molecule has 0 aromatic heterocycles. The van der Waals surface area contributed by atoms with Gasteiger partial charge in [-0.15, -0.1) is 11.8 Å². The molecule has 0 radical (unpaired) electrons. The second-order valence-corrected chi connectivity index (χ2v) is 8.88. The number of hydrogen-bond donors (Lipinski definition) is 2. The molecule has 3 saturated heterocycles. The first-order valence-corrected chi connectivity index (χ1v) is 8.89. The largest absolute Gasteiger partial charge is 1.00 e. The number of aliphatic carboxylic acids is 1. The van der Waals surface area contributed by atoms with Crippen molar-refractivity contribution in [2.24, 2.45) is 5.92 Å². The van der Waals surface area contributed by atoms with Crippen LogP contribution in [0.3, 0.4) is 0 Å². The fourth-order valence-electron chi connectivity index (χ4n) is 3.74. The number of hydrogen-bond acceptors (Lipinski definition) is 7. The van der Waals surface area contributed by atoms with Crippen LogP contribution in [0.15, 0.2) is 0 Å². The van der Waals surface area contributed by atoms with Crippen LogP contribution in [0.1, 0.15) is 26.7 Å². The number of fused-ring (bicyclic) bond motifs is 1. The minimum Gasteiger partial charge on any atom is -0.548 e. The van der Waals surface area contributed by atoms with Gasteiger partial charge in [-0.2, -0.15) is 0 Å². The number of carboxylic acids is 1. The number of aliphatic hydroxyl groups excluding tert-OH is 2. The van der Waals surface area contributed by atoms with Gasteiger partial charge < -0.3 is 29.9 Å². The van der Waals surface area contributed by atoms with E-state index in [1.165, 1.54) is 21.6 Å². The molecule has 25 heavy (non-hydrogen) atoms. The van der Waals surface area contributed by atoms with Gasteiger partial charge >= 0.3 is 29.6 Å². The number of carbonyl (C=O) groups is 3.